The molecule has 0 saturated heterocycles. The Morgan fingerprint density at radius 1 is 1.24 bits per heavy atom. The maximum Gasteiger partial charge on any atom is 0.407 e. The number of ether oxygens (including phenoxy) is 3. The van der Waals surface area contributed by atoms with Crippen molar-refractivity contribution in [1.82, 2.24) is 20.4 Å². The Morgan fingerprint density at radius 3 is 2.51 bits per heavy atom. The molecule has 5 rings (SSSR count). The van der Waals surface area contributed by atoms with Crippen molar-refractivity contribution in [2.45, 2.75) is 77.5 Å². The van der Waals surface area contributed by atoms with Gasteiger partial charge in [0.05, 0.1) is 31.6 Å². The zero-order chi connectivity index (χ0) is 27.0. The van der Waals surface area contributed by atoms with Crippen LogP contribution in [0.15, 0.2) is 12.3 Å². The average Bonchev–Trinajstić information content (AvgIpc) is 3.20. The maximum atomic E-state index is 13.5. The molecule has 0 aromatic carbocycles. The molecule has 11 heteroatoms. The molecule has 4 N–H and O–H groups in total. The minimum Gasteiger partial charge on any atom is -0.474 e. The van der Waals surface area contributed by atoms with Gasteiger partial charge in [0.15, 0.2) is 0 Å². The summed E-state index contributed by atoms with van der Waals surface area (Å²) < 4.78 is 17.4. The van der Waals surface area contributed by atoms with Crippen LogP contribution in [0.1, 0.15) is 70.2 Å². The summed E-state index contributed by atoms with van der Waals surface area (Å²) in [6, 6.07) is 0.0553. The van der Waals surface area contributed by atoms with Gasteiger partial charge < -0.3 is 30.6 Å². The molecule has 3 amide bonds. The fourth-order valence-corrected chi connectivity index (χ4v) is 6.62. The molecule has 0 spiro atoms. The van der Waals surface area contributed by atoms with E-state index in [-0.39, 0.29) is 23.5 Å². The Bertz CT molecular complexity index is 1050. The van der Waals surface area contributed by atoms with Crippen LogP contribution in [0.4, 0.5) is 9.59 Å². The SMILES string of the molecule is COC(=O)NC(C)(C)/C=C/n1ncc(C(=O)NC2C3CC4CC2CC(COC(N)=O)(C4)C3)c1OC(C)C. The summed E-state index contributed by atoms with van der Waals surface area (Å²) in [5, 5.41) is 10.4. The van der Waals surface area contributed by atoms with Gasteiger partial charge in [-0.1, -0.05) is 0 Å². The number of methoxy groups -OCH3 is 1. The topological polar surface area (TPSA) is 147 Å². The van der Waals surface area contributed by atoms with Gasteiger partial charge in [0, 0.05) is 17.7 Å². The van der Waals surface area contributed by atoms with Crippen LogP contribution in [0.3, 0.4) is 0 Å². The second-order valence-corrected chi connectivity index (χ2v) is 11.7. The van der Waals surface area contributed by atoms with E-state index in [2.05, 4.69) is 20.5 Å². The van der Waals surface area contributed by atoms with Gasteiger partial charge in [-0.15, -0.1) is 0 Å². The predicted molar refractivity (Wildman–Crippen MR) is 136 cm³/mol. The van der Waals surface area contributed by atoms with Crippen LogP contribution < -0.4 is 21.1 Å². The van der Waals surface area contributed by atoms with Crippen molar-refractivity contribution in [1.29, 1.82) is 0 Å². The van der Waals surface area contributed by atoms with Gasteiger partial charge in [-0.05, 0) is 83.6 Å². The normalized spacial score (nSPS) is 28.4. The van der Waals surface area contributed by atoms with Crippen LogP contribution in [0, 0.1) is 23.2 Å². The van der Waals surface area contributed by atoms with Gasteiger partial charge in [-0.3, -0.25) is 4.79 Å². The third kappa shape index (κ3) is 6.02. The van der Waals surface area contributed by atoms with E-state index in [0.29, 0.717) is 35.8 Å². The highest BCUT2D eigenvalue weighted by Crippen LogP contribution is 2.60. The summed E-state index contributed by atoms with van der Waals surface area (Å²) >= 11 is 0. The second kappa shape index (κ2) is 10.3. The predicted octanol–water partition coefficient (Wildman–Crippen LogP) is 3.30. The molecular formula is C26H39N5O6. The Balaban J connectivity index is 1.49. The van der Waals surface area contributed by atoms with Crippen LogP contribution in [-0.4, -0.2) is 59.3 Å². The number of nitrogens with zero attached hydrogens (tertiary/aromatic N) is 2. The average molecular weight is 518 g/mol. The van der Waals surface area contributed by atoms with E-state index in [9.17, 15) is 14.4 Å². The molecule has 4 bridgehead atoms. The van der Waals surface area contributed by atoms with E-state index in [4.69, 9.17) is 15.2 Å². The molecule has 4 aliphatic carbocycles. The summed E-state index contributed by atoms with van der Waals surface area (Å²) in [4.78, 5) is 36.4. The summed E-state index contributed by atoms with van der Waals surface area (Å²) in [5.41, 5.74) is 4.85. The van der Waals surface area contributed by atoms with Crippen molar-refractivity contribution in [3.63, 3.8) is 0 Å². The number of carbonyl (C=O) groups is 3. The van der Waals surface area contributed by atoms with Crippen molar-refractivity contribution < 1.29 is 28.6 Å². The molecule has 2 unspecified atom stereocenters. The van der Waals surface area contributed by atoms with Crippen molar-refractivity contribution in [3.8, 4) is 5.88 Å². The Labute approximate surface area is 217 Å². The number of nitrogens with two attached hydrogens (primary N) is 1. The van der Waals surface area contributed by atoms with Crippen LogP contribution in [0.5, 0.6) is 5.88 Å². The molecular weight excluding hydrogens is 478 g/mol. The third-order valence-corrected chi connectivity index (χ3v) is 7.80. The number of hydrogen-bond acceptors (Lipinski definition) is 7. The summed E-state index contributed by atoms with van der Waals surface area (Å²) in [6.07, 6.45) is 8.49. The van der Waals surface area contributed by atoms with Crippen LogP contribution in [-0.2, 0) is 9.47 Å². The summed E-state index contributed by atoms with van der Waals surface area (Å²) in [7, 11) is 1.31. The third-order valence-electron chi connectivity index (χ3n) is 7.80. The Hall–Kier alpha value is -3.24. The summed E-state index contributed by atoms with van der Waals surface area (Å²) in [5.74, 6) is 1.38. The highest BCUT2D eigenvalue weighted by molar-refractivity contribution is 5.96. The Morgan fingerprint density at radius 2 is 1.92 bits per heavy atom. The first-order chi connectivity index (χ1) is 17.4. The first kappa shape index (κ1) is 26.8. The van der Waals surface area contributed by atoms with Crippen LogP contribution >= 0.6 is 0 Å². The van der Waals surface area contributed by atoms with E-state index in [0.717, 1.165) is 32.1 Å². The lowest BCUT2D eigenvalue weighted by Crippen LogP contribution is -2.60. The van der Waals surface area contributed by atoms with Crippen LogP contribution in [0.2, 0.25) is 0 Å². The van der Waals surface area contributed by atoms with E-state index in [1.165, 1.54) is 18.0 Å². The molecule has 0 radical (unpaired) electrons. The van der Waals surface area contributed by atoms with Gasteiger partial charge in [-0.25, -0.2) is 14.3 Å². The van der Waals surface area contributed by atoms with E-state index >= 15 is 0 Å². The fourth-order valence-electron chi connectivity index (χ4n) is 6.62. The number of rotatable bonds is 9. The van der Waals surface area contributed by atoms with Crippen molar-refractivity contribution in [2.75, 3.05) is 13.7 Å². The fraction of sp³-hybridized carbons (Fsp3) is 0.692. The number of aromatic nitrogens is 2. The lowest BCUT2D eigenvalue weighted by atomic mass is 9.48. The zero-order valence-electron chi connectivity index (χ0n) is 22.3. The monoisotopic (exact) mass is 517 g/mol. The Kier molecular flexibility index (Phi) is 7.43. The lowest BCUT2D eigenvalue weighted by molar-refractivity contribution is -0.0977. The number of alkyl carbamates (subject to hydrolysis) is 1. The first-order valence-electron chi connectivity index (χ1n) is 12.9. The molecule has 1 aromatic rings. The van der Waals surface area contributed by atoms with E-state index in [1.807, 2.05) is 27.7 Å². The molecule has 37 heavy (non-hydrogen) atoms. The lowest BCUT2D eigenvalue weighted by Gasteiger charge is -2.59. The molecule has 1 heterocycles. The molecule has 1 aromatic heterocycles. The van der Waals surface area contributed by atoms with Crippen molar-refractivity contribution in [3.05, 3.63) is 17.8 Å². The number of nitrogens with one attached hydrogen (secondary N) is 2. The largest absolute Gasteiger partial charge is 0.474 e. The van der Waals surface area contributed by atoms with Gasteiger partial charge in [-0.2, -0.15) is 5.10 Å². The molecule has 4 saturated carbocycles. The van der Waals surface area contributed by atoms with Gasteiger partial charge in [0.25, 0.3) is 5.91 Å². The van der Waals surface area contributed by atoms with Crippen molar-refractivity contribution in [2.24, 2.45) is 28.9 Å². The first-order valence-corrected chi connectivity index (χ1v) is 12.9. The number of hydrogen-bond donors (Lipinski definition) is 3. The minimum atomic E-state index is -0.728. The minimum absolute atomic E-state index is 0.0284. The number of carbonyl (C=O) groups excluding carboxylic acids is 3. The van der Waals surface area contributed by atoms with E-state index < -0.39 is 17.7 Å². The van der Waals surface area contributed by atoms with Crippen LogP contribution in [0.25, 0.3) is 6.20 Å². The van der Waals surface area contributed by atoms with Crippen molar-refractivity contribution >= 4 is 24.3 Å². The molecule has 4 aliphatic rings. The quantitative estimate of drug-likeness (QED) is 0.455. The highest BCUT2D eigenvalue weighted by atomic mass is 16.5. The second-order valence-electron chi connectivity index (χ2n) is 11.7. The number of amides is 3. The zero-order valence-corrected chi connectivity index (χ0v) is 22.3. The smallest absolute Gasteiger partial charge is 0.407 e. The molecule has 204 valence electrons. The summed E-state index contributed by atoms with van der Waals surface area (Å²) in [6.45, 7) is 7.76. The maximum absolute atomic E-state index is 13.5. The molecule has 2 atom stereocenters. The molecule has 11 nitrogen and oxygen atoms in total. The van der Waals surface area contributed by atoms with Gasteiger partial charge >= 0.3 is 12.2 Å². The van der Waals surface area contributed by atoms with Gasteiger partial charge in [0.2, 0.25) is 5.88 Å². The number of primary amides is 1. The van der Waals surface area contributed by atoms with Gasteiger partial charge in [0.1, 0.15) is 5.56 Å². The van der Waals surface area contributed by atoms with E-state index in [1.54, 1.807) is 12.3 Å². The molecule has 0 aliphatic heterocycles. The standard InChI is InChI=1S/C26H39N5O6/c1-15(2)37-22-19(13-28-31(22)7-6-25(3,4)30-24(34)35-5)21(32)29-20-17-8-16-9-18(20)12-26(10-16,11-17)14-36-23(27)33/h6-7,13,15-18,20H,8-12,14H2,1-5H3,(H2,27,33)(H,29,32)(H,30,34)/b7-6+. The molecule has 4 fully saturated rings. The highest BCUT2D eigenvalue weighted by Gasteiger charge is 2.56.